The number of nitrogens with zero attached hydrogens (tertiary/aromatic N) is 4. The number of nitrogens with one attached hydrogen (secondary N) is 2. The summed E-state index contributed by atoms with van der Waals surface area (Å²) in [6.07, 6.45) is 5.64. The molecule has 2 N–H and O–H groups in total. The third-order valence-electron chi connectivity index (χ3n) is 5.92. The molecule has 0 bridgehead atoms. The van der Waals surface area contributed by atoms with Crippen LogP contribution < -0.4 is 5.32 Å². The lowest BCUT2D eigenvalue weighted by Crippen LogP contribution is -2.43. The number of alkyl halides is 1. The van der Waals surface area contributed by atoms with Gasteiger partial charge in [-0.3, -0.25) is 19.6 Å². The Bertz CT molecular complexity index is 1340. The molecule has 8 nitrogen and oxygen atoms in total. The number of hydrogen-bond acceptors (Lipinski definition) is 5. The van der Waals surface area contributed by atoms with E-state index in [1.54, 1.807) is 30.2 Å². The summed E-state index contributed by atoms with van der Waals surface area (Å²) in [4.78, 5) is 17.9. The van der Waals surface area contributed by atoms with E-state index in [-0.39, 0.29) is 12.5 Å². The van der Waals surface area contributed by atoms with Crippen molar-refractivity contribution in [3.63, 3.8) is 0 Å². The zero-order valence-electron chi connectivity index (χ0n) is 18.7. The average molecular weight is 449 g/mol. The van der Waals surface area contributed by atoms with Gasteiger partial charge in [-0.05, 0) is 44.4 Å². The van der Waals surface area contributed by atoms with Crippen molar-refractivity contribution in [2.24, 2.45) is 0 Å². The van der Waals surface area contributed by atoms with Gasteiger partial charge in [0.15, 0.2) is 5.60 Å². The van der Waals surface area contributed by atoms with E-state index in [0.29, 0.717) is 23.7 Å². The molecule has 170 valence electrons. The van der Waals surface area contributed by atoms with E-state index < -0.39 is 11.3 Å². The quantitative estimate of drug-likeness (QED) is 0.481. The number of ether oxygens (including phenoxy) is 1. The molecule has 0 saturated heterocycles. The van der Waals surface area contributed by atoms with Crippen molar-refractivity contribution in [3.8, 4) is 11.4 Å². The SMILES string of the molecule is CC(C)(F)Cn1ncc2cnc(-c3[nH]ncc3NC(=O)C3(C)OCCc4ccccc43)cc21. The van der Waals surface area contributed by atoms with Gasteiger partial charge in [0.25, 0.3) is 5.91 Å². The first kappa shape index (κ1) is 21.3. The van der Waals surface area contributed by atoms with Crippen molar-refractivity contribution in [2.75, 3.05) is 11.9 Å². The lowest BCUT2D eigenvalue weighted by Gasteiger charge is -2.34. The van der Waals surface area contributed by atoms with Crippen LogP contribution in [-0.2, 0) is 28.1 Å². The summed E-state index contributed by atoms with van der Waals surface area (Å²) in [5, 5.41) is 15.1. The van der Waals surface area contributed by atoms with Gasteiger partial charge in [0.05, 0.1) is 42.4 Å². The number of H-pyrrole nitrogens is 1. The molecule has 1 unspecified atom stereocenters. The monoisotopic (exact) mass is 448 g/mol. The number of anilines is 1. The molecule has 9 heteroatoms. The molecule has 0 aliphatic carbocycles. The van der Waals surface area contributed by atoms with E-state index in [4.69, 9.17) is 4.74 Å². The Morgan fingerprint density at radius 3 is 2.94 bits per heavy atom. The van der Waals surface area contributed by atoms with Crippen molar-refractivity contribution >= 4 is 22.5 Å². The summed E-state index contributed by atoms with van der Waals surface area (Å²) >= 11 is 0. The molecule has 1 aliphatic heterocycles. The molecule has 1 amide bonds. The number of pyridine rings is 1. The summed E-state index contributed by atoms with van der Waals surface area (Å²) < 4.78 is 21.8. The van der Waals surface area contributed by atoms with Gasteiger partial charge < -0.3 is 10.1 Å². The fourth-order valence-corrected chi connectivity index (χ4v) is 4.24. The largest absolute Gasteiger partial charge is 0.360 e. The Morgan fingerprint density at radius 1 is 1.30 bits per heavy atom. The zero-order chi connectivity index (χ0) is 23.2. The van der Waals surface area contributed by atoms with Gasteiger partial charge in [-0.2, -0.15) is 10.2 Å². The van der Waals surface area contributed by atoms with E-state index in [2.05, 4.69) is 25.6 Å². The zero-order valence-corrected chi connectivity index (χ0v) is 18.7. The number of hydrogen-bond donors (Lipinski definition) is 2. The molecule has 4 aromatic rings. The molecular formula is C24H25FN6O2. The van der Waals surface area contributed by atoms with Crippen LogP contribution in [0.4, 0.5) is 10.1 Å². The third-order valence-corrected chi connectivity index (χ3v) is 5.92. The van der Waals surface area contributed by atoms with Crippen LogP contribution in [0.3, 0.4) is 0 Å². The standard InChI is InChI=1S/C24H25FN6O2/c1-23(2,25)14-31-20-10-18(26-11-16(20)12-28-31)21-19(13-27-30-21)29-22(32)24(3)17-7-5-4-6-15(17)8-9-33-24/h4-7,10-13H,8-9,14H2,1-3H3,(H,27,30)(H,29,32). The maximum Gasteiger partial charge on any atom is 0.261 e. The molecule has 1 atom stereocenters. The number of aromatic nitrogens is 5. The van der Waals surface area contributed by atoms with Crippen molar-refractivity contribution in [1.82, 2.24) is 25.0 Å². The minimum absolute atomic E-state index is 0.113. The Balaban J connectivity index is 1.46. The second-order valence-electron chi connectivity index (χ2n) is 9.05. The highest BCUT2D eigenvalue weighted by molar-refractivity contribution is 6.00. The molecule has 0 fully saturated rings. The van der Waals surface area contributed by atoms with Crippen LogP contribution in [0.2, 0.25) is 0 Å². The van der Waals surface area contributed by atoms with E-state index in [1.807, 2.05) is 30.3 Å². The van der Waals surface area contributed by atoms with Crippen LogP contribution >= 0.6 is 0 Å². The number of carbonyl (C=O) groups excluding carboxylic acids is 1. The molecule has 33 heavy (non-hydrogen) atoms. The van der Waals surface area contributed by atoms with E-state index in [1.165, 1.54) is 13.8 Å². The van der Waals surface area contributed by atoms with Gasteiger partial charge in [-0.25, -0.2) is 4.39 Å². The Kier molecular flexibility index (Phi) is 5.01. The van der Waals surface area contributed by atoms with Crippen molar-refractivity contribution < 1.29 is 13.9 Å². The number of fused-ring (bicyclic) bond motifs is 2. The van der Waals surface area contributed by atoms with Crippen molar-refractivity contribution in [3.05, 3.63) is 60.0 Å². The summed E-state index contributed by atoms with van der Waals surface area (Å²) in [7, 11) is 0. The predicted octanol–water partition coefficient (Wildman–Crippen LogP) is 4.00. The summed E-state index contributed by atoms with van der Waals surface area (Å²) in [6, 6.07) is 9.63. The van der Waals surface area contributed by atoms with Gasteiger partial charge >= 0.3 is 0 Å². The Hall–Kier alpha value is -3.59. The normalized spacial score (nSPS) is 18.3. The molecule has 0 spiro atoms. The van der Waals surface area contributed by atoms with Crippen LogP contribution in [0.15, 0.2) is 48.9 Å². The van der Waals surface area contributed by atoms with Gasteiger partial charge in [0, 0.05) is 11.6 Å². The van der Waals surface area contributed by atoms with Crippen LogP contribution in [0, 0.1) is 0 Å². The number of carbonyl (C=O) groups is 1. The first-order chi connectivity index (χ1) is 15.7. The van der Waals surface area contributed by atoms with Crippen LogP contribution in [0.5, 0.6) is 0 Å². The number of halogens is 1. The minimum atomic E-state index is -1.42. The maximum absolute atomic E-state index is 14.2. The van der Waals surface area contributed by atoms with Gasteiger partial charge in [0.1, 0.15) is 11.4 Å². The highest BCUT2D eigenvalue weighted by Crippen LogP contribution is 2.35. The fraction of sp³-hybridized carbons (Fsp3) is 0.333. The maximum atomic E-state index is 14.2. The van der Waals surface area contributed by atoms with E-state index >= 15 is 0 Å². The number of benzene rings is 1. The third kappa shape index (κ3) is 3.89. The molecule has 0 radical (unpaired) electrons. The first-order valence-electron chi connectivity index (χ1n) is 10.8. The Morgan fingerprint density at radius 2 is 2.12 bits per heavy atom. The second-order valence-corrected chi connectivity index (χ2v) is 9.05. The second kappa shape index (κ2) is 7.77. The van der Waals surface area contributed by atoms with Crippen LogP contribution in [0.25, 0.3) is 22.3 Å². The molecular weight excluding hydrogens is 423 g/mol. The lowest BCUT2D eigenvalue weighted by atomic mass is 9.87. The number of aromatic amines is 1. The summed E-state index contributed by atoms with van der Waals surface area (Å²) in [5.74, 6) is -0.289. The average Bonchev–Trinajstić information content (AvgIpc) is 3.40. The number of amides is 1. The summed E-state index contributed by atoms with van der Waals surface area (Å²) in [5.41, 5.74) is 1.76. The van der Waals surface area contributed by atoms with Crippen LogP contribution in [-0.4, -0.2) is 43.1 Å². The minimum Gasteiger partial charge on any atom is -0.360 e. The first-order valence-corrected chi connectivity index (χ1v) is 10.8. The van der Waals surface area contributed by atoms with Crippen molar-refractivity contribution in [1.29, 1.82) is 0 Å². The molecule has 1 aromatic carbocycles. The highest BCUT2D eigenvalue weighted by atomic mass is 19.1. The predicted molar refractivity (Wildman–Crippen MR) is 122 cm³/mol. The molecule has 0 saturated carbocycles. The van der Waals surface area contributed by atoms with Gasteiger partial charge in [0.2, 0.25) is 0 Å². The topological polar surface area (TPSA) is 97.7 Å². The fourth-order valence-electron chi connectivity index (χ4n) is 4.24. The lowest BCUT2D eigenvalue weighted by molar-refractivity contribution is -0.142. The number of rotatable bonds is 5. The smallest absolute Gasteiger partial charge is 0.261 e. The van der Waals surface area contributed by atoms with E-state index in [9.17, 15) is 9.18 Å². The molecule has 5 rings (SSSR count). The van der Waals surface area contributed by atoms with E-state index in [0.717, 1.165) is 28.5 Å². The van der Waals surface area contributed by atoms with Gasteiger partial charge in [-0.15, -0.1) is 0 Å². The molecule has 4 heterocycles. The summed E-state index contributed by atoms with van der Waals surface area (Å²) in [6.45, 7) is 5.38. The highest BCUT2D eigenvalue weighted by Gasteiger charge is 2.40. The molecule has 3 aromatic heterocycles. The molecule has 1 aliphatic rings. The van der Waals surface area contributed by atoms with Crippen molar-refractivity contribution in [2.45, 2.75) is 45.0 Å². The van der Waals surface area contributed by atoms with Crippen LogP contribution in [0.1, 0.15) is 31.9 Å². The Labute approximate surface area is 190 Å². The van der Waals surface area contributed by atoms with Gasteiger partial charge in [-0.1, -0.05) is 24.3 Å².